The molecule has 0 aliphatic carbocycles. The molecule has 1 aromatic rings. The second-order valence-corrected chi connectivity index (χ2v) is 5.63. The van der Waals surface area contributed by atoms with E-state index in [1.807, 2.05) is 18.4 Å². The lowest BCUT2D eigenvalue weighted by Gasteiger charge is -2.36. The molecule has 1 N–H and O–H groups in total. The standard InChI is InChI=1S/C14H25NOS/c1-5-14(3,16-4)13(15-6-2)10-9-12-8-7-11-17-12/h7-8,11,13,15H,5-6,9-10H2,1-4H3. The Kier molecular flexibility index (Phi) is 6.17. The first-order valence-electron chi connectivity index (χ1n) is 6.47. The first-order valence-corrected chi connectivity index (χ1v) is 7.35. The van der Waals surface area contributed by atoms with Gasteiger partial charge in [-0.05, 0) is 44.2 Å². The zero-order valence-electron chi connectivity index (χ0n) is 11.5. The van der Waals surface area contributed by atoms with Gasteiger partial charge < -0.3 is 10.1 Å². The Balaban J connectivity index is 2.59. The molecule has 2 nitrogen and oxygen atoms in total. The van der Waals surface area contributed by atoms with Crippen molar-refractivity contribution in [2.75, 3.05) is 13.7 Å². The Morgan fingerprint density at radius 3 is 2.71 bits per heavy atom. The number of hydrogen-bond acceptors (Lipinski definition) is 3. The van der Waals surface area contributed by atoms with Crippen LogP contribution < -0.4 is 5.32 Å². The number of aryl methyl sites for hydroxylation is 1. The van der Waals surface area contributed by atoms with Crippen molar-refractivity contribution in [3.63, 3.8) is 0 Å². The first kappa shape index (κ1) is 14.7. The summed E-state index contributed by atoms with van der Waals surface area (Å²) in [7, 11) is 1.82. The van der Waals surface area contributed by atoms with Gasteiger partial charge in [0.05, 0.1) is 5.60 Å². The normalized spacial score (nSPS) is 16.7. The number of ether oxygens (including phenoxy) is 1. The molecule has 1 aromatic heterocycles. The highest BCUT2D eigenvalue weighted by Crippen LogP contribution is 2.23. The molecule has 0 fully saturated rings. The first-order chi connectivity index (χ1) is 8.16. The number of methoxy groups -OCH3 is 1. The van der Waals surface area contributed by atoms with E-state index in [1.165, 1.54) is 4.88 Å². The fourth-order valence-electron chi connectivity index (χ4n) is 2.14. The van der Waals surface area contributed by atoms with Crippen LogP contribution in [0.4, 0.5) is 0 Å². The van der Waals surface area contributed by atoms with Crippen LogP contribution >= 0.6 is 11.3 Å². The number of hydrogen-bond donors (Lipinski definition) is 1. The lowest BCUT2D eigenvalue weighted by molar-refractivity contribution is -0.0305. The van der Waals surface area contributed by atoms with Gasteiger partial charge in [-0.3, -0.25) is 0 Å². The van der Waals surface area contributed by atoms with Crippen molar-refractivity contribution < 1.29 is 4.74 Å². The molecule has 0 spiro atoms. The minimum Gasteiger partial charge on any atom is -0.377 e. The molecule has 98 valence electrons. The second-order valence-electron chi connectivity index (χ2n) is 4.60. The minimum absolute atomic E-state index is 0.0622. The molecule has 0 saturated heterocycles. The zero-order valence-corrected chi connectivity index (χ0v) is 12.3. The molecule has 0 bridgehead atoms. The fraction of sp³-hybridized carbons (Fsp3) is 0.714. The highest BCUT2D eigenvalue weighted by molar-refractivity contribution is 7.09. The third-order valence-electron chi connectivity index (χ3n) is 3.62. The molecule has 2 atom stereocenters. The third kappa shape index (κ3) is 4.09. The second kappa shape index (κ2) is 7.14. The SMILES string of the molecule is CCNC(CCc1cccs1)C(C)(CC)OC. The molecule has 1 heterocycles. The van der Waals surface area contributed by atoms with Gasteiger partial charge in [-0.25, -0.2) is 0 Å². The topological polar surface area (TPSA) is 21.3 Å². The molecule has 0 aliphatic rings. The summed E-state index contributed by atoms with van der Waals surface area (Å²) < 4.78 is 5.71. The van der Waals surface area contributed by atoms with E-state index < -0.39 is 0 Å². The molecular weight excluding hydrogens is 230 g/mol. The zero-order chi connectivity index (χ0) is 12.7. The van der Waals surface area contributed by atoms with Gasteiger partial charge in [0.2, 0.25) is 0 Å². The van der Waals surface area contributed by atoms with Crippen LogP contribution in [0.15, 0.2) is 17.5 Å². The molecule has 17 heavy (non-hydrogen) atoms. The van der Waals surface area contributed by atoms with Gasteiger partial charge in [0, 0.05) is 18.0 Å². The Labute approximate surface area is 109 Å². The number of thiophene rings is 1. The Bertz CT molecular complexity index is 293. The van der Waals surface area contributed by atoms with Gasteiger partial charge in [0.25, 0.3) is 0 Å². The maximum Gasteiger partial charge on any atom is 0.0800 e. The summed E-state index contributed by atoms with van der Waals surface area (Å²) in [4.78, 5) is 1.46. The van der Waals surface area contributed by atoms with Crippen molar-refractivity contribution in [2.24, 2.45) is 0 Å². The lowest BCUT2D eigenvalue weighted by Crippen LogP contribution is -2.50. The van der Waals surface area contributed by atoms with Crippen LogP contribution in [0.1, 0.15) is 38.5 Å². The van der Waals surface area contributed by atoms with Crippen LogP contribution in [-0.2, 0) is 11.2 Å². The van der Waals surface area contributed by atoms with Gasteiger partial charge in [-0.1, -0.05) is 19.9 Å². The summed E-state index contributed by atoms with van der Waals surface area (Å²) in [6.45, 7) is 7.55. The fourth-order valence-corrected chi connectivity index (χ4v) is 2.87. The van der Waals surface area contributed by atoms with Crippen molar-refractivity contribution >= 4 is 11.3 Å². The lowest BCUT2D eigenvalue weighted by atomic mass is 9.89. The predicted octanol–water partition coefficient (Wildman–Crippen LogP) is 3.47. The van der Waals surface area contributed by atoms with Crippen LogP contribution in [0.25, 0.3) is 0 Å². The third-order valence-corrected chi connectivity index (χ3v) is 4.55. The van der Waals surface area contributed by atoms with Gasteiger partial charge in [0.15, 0.2) is 0 Å². The highest BCUT2D eigenvalue weighted by atomic mass is 32.1. The van der Waals surface area contributed by atoms with Crippen molar-refractivity contribution in [1.82, 2.24) is 5.32 Å². The molecular formula is C14H25NOS. The van der Waals surface area contributed by atoms with E-state index in [-0.39, 0.29) is 5.60 Å². The summed E-state index contributed by atoms with van der Waals surface area (Å²) in [6.07, 6.45) is 3.30. The largest absolute Gasteiger partial charge is 0.377 e. The maximum atomic E-state index is 5.71. The van der Waals surface area contributed by atoms with E-state index in [0.717, 1.165) is 25.8 Å². The number of rotatable bonds is 8. The number of likely N-dealkylation sites (N-methyl/N-ethyl adjacent to an activating group) is 1. The molecule has 2 unspecified atom stereocenters. The van der Waals surface area contributed by atoms with Crippen LogP contribution in [-0.4, -0.2) is 25.3 Å². The summed E-state index contributed by atoms with van der Waals surface area (Å²) in [5.41, 5.74) is -0.0622. The van der Waals surface area contributed by atoms with Gasteiger partial charge in [0.1, 0.15) is 0 Å². The molecule has 0 amide bonds. The Morgan fingerprint density at radius 1 is 1.47 bits per heavy atom. The van der Waals surface area contributed by atoms with Gasteiger partial charge in [-0.15, -0.1) is 11.3 Å². The summed E-state index contributed by atoms with van der Waals surface area (Å²) in [5.74, 6) is 0. The maximum absolute atomic E-state index is 5.71. The summed E-state index contributed by atoms with van der Waals surface area (Å²) in [5, 5.41) is 5.71. The number of nitrogens with one attached hydrogen (secondary N) is 1. The van der Waals surface area contributed by atoms with E-state index >= 15 is 0 Å². The van der Waals surface area contributed by atoms with Crippen molar-refractivity contribution in [1.29, 1.82) is 0 Å². The molecule has 0 radical (unpaired) electrons. The summed E-state index contributed by atoms with van der Waals surface area (Å²) in [6, 6.07) is 4.76. The smallest absolute Gasteiger partial charge is 0.0800 e. The van der Waals surface area contributed by atoms with Crippen molar-refractivity contribution in [2.45, 2.75) is 51.7 Å². The molecule has 1 rings (SSSR count). The molecule has 0 saturated carbocycles. The van der Waals surface area contributed by atoms with Crippen LogP contribution in [0, 0.1) is 0 Å². The van der Waals surface area contributed by atoms with Crippen molar-refractivity contribution in [3.05, 3.63) is 22.4 Å². The minimum atomic E-state index is -0.0622. The summed E-state index contributed by atoms with van der Waals surface area (Å²) >= 11 is 1.84. The van der Waals surface area contributed by atoms with E-state index in [4.69, 9.17) is 4.74 Å². The van der Waals surface area contributed by atoms with Gasteiger partial charge >= 0.3 is 0 Å². The average molecular weight is 255 g/mol. The van der Waals surface area contributed by atoms with E-state index in [9.17, 15) is 0 Å². The van der Waals surface area contributed by atoms with Crippen LogP contribution in [0.2, 0.25) is 0 Å². The van der Waals surface area contributed by atoms with Crippen LogP contribution in [0.5, 0.6) is 0 Å². The van der Waals surface area contributed by atoms with E-state index in [1.54, 1.807) is 0 Å². The highest BCUT2D eigenvalue weighted by Gasteiger charge is 2.31. The average Bonchev–Trinajstić information content (AvgIpc) is 2.86. The Hall–Kier alpha value is -0.380. The molecule has 3 heteroatoms. The van der Waals surface area contributed by atoms with Gasteiger partial charge in [-0.2, -0.15) is 0 Å². The van der Waals surface area contributed by atoms with Crippen molar-refractivity contribution in [3.8, 4) is 0 Å². The van der Waals surface area contributed by atoms with Crippen LogP contribution in [0.3, 0.4) is 0 Å². The van der Waals surface area contributed by atoms with E-state index in [0.29, 0.717) is 6.04 Å². The quantitative estimate of drug-likeness (QED) is 0.768. The van der Waals surface area contributed by atoms with E-state index in [2.05, 4.69) is 43.6 Å². The molecule has 0 aromatic carbocycles. The monoisotopic (exact) mass is 255 g/mol. The predicted molar refractivity (Wildman–Crippen MR) is 75.8 cm³/mol. The Morgan fingerprint density at radius 2 is 2.24 bits per heavy atom. The molecule has 0 aliphatic heterocycles.